The van der Waals surface area contributed by atoms with Gasteiger partial charge in [-0.05, 0) is 19.3 Å². The number of rotatable bonds is 10. The van der Waals surface area contributed by atoms with Gasteiger partial charge in [-0.3, -0.25) is 4.79 Å². The molecule has 88 valence electrons. The van der Waals surface area contributed by atoms with Crippen LogP contribution in [0.1, 0.15) is 71.6 Å². The van der Waals surface area contributed by atoms with Crippen LogP contribution in [0.4, 0.5) is 0 Å². The number of carbonyl (C=O) groups is 1. The van der Waals surface area contributed by atoms with Crippen molar-refractivity contribution in [3.05, 3.63) is 12.2 Å². The molecular weight excluding hydrogens is 184 g/mol. The highest BCUT2D eigenvalue weighted by atomic mass is 16.1. The lowest BCUT2D eigenvalue weighted by Gasteiger charge is -1.98. The van der Waals surface area contributed by atoms with Gasteiger partial charge in [-0.1, -0.05) is 51.7 Å². The molecule has 15 heavy (non-hydrogen) atoms. The van der Waals surface area contributed by atoms with Crippen molar-refractivity contribution >= 4 is 5.78 Å². The number of hydrogen-bond donors (Lipinski definition) is 0. The molecule has 0 fully saturated rings. The molecule has 0 aliphatic heterocycles. The van der Waals surface area contributed by atoms with E-state index in [0.717, 1.165) is 32.1 Å². The molecule has 0 aromatic carbocycles. The van der Waals surface area contributed by atoms with Crippen LogP contribution in [0.2, 0.25) is 0 Å². The Morgan fingerprint density at radius 2 is 1.60 bits per heavy atom. The van der Waals surface area contributed by atoms with Crippen molar-refractivity contribution in [1.82, 2.24) is 0 Å². The van der Waals surface area contributed by atoms with E-state index < -0.39 is 0 Å². The molecule has 0 radical (unpaired) electrons. The Morgan fingerprint density at radius 3 is 2.27 bits per heavy atom. The van der Waals surface area contributed by atoms with Crippen molar-refractivity contribution in [2.45, 2.75) is 71.6 Å². The van der Waals surface area contributed by atoms with E-state index in [-0.39, 0.29) is 0 Å². The third-order valence-electron chi connectivity index (χ3n) is 2.52. The fourth-order valence-corrected chi connectivity index (χ4v) is 1.52. The first kappa shape index (κ1) is 14.4. The predicted molar refractivity (Wildman–Crippen MR) is 67.0 cm³/mol. The fraction of sp³-hybridized carbons (Fsp3) is 0.786. The minimum atomic E-state index is 0.437. The fourth-order valence-electron chi connectivity index (χ4n) is 1.52. The summed E-state index contributed by atoms with van der Waals surface area (Å²) in [5.41, 5.74) is 0. The van der Waals surface area contributed by atoms with Crippen molar-refractivity contribution in [3.8, 4) is 0 Å². The van der Waals surface area contributed by atoms with Gasteiger partial charge in [-0.15, -0.1) is 0 Å². The minimum absolute atomic E-state index is 0.437. The van der Waals surface area contributed by atoms with Crippen molar-refractivity contribution in [1.29, 1.82) is 0 Å². The van der Waals surface area contributed by atoms with Gasteiger partial charge in [0.25, 0.3) is 0 Å². The molecule has 0 unspecified atom stereocenters. The van der Waals surface area contributed by atoms with Crippen LogP contribution in [0.25, 0.3) is 0 Å². The second kappa shape index (κ2) is 11.5. The topological polar surface area (TPSA) is 17.1 Å². The number of allylic oxidation sites excluding steroid dienone is 2. The first-order valence-electron chi connectivity index (χ1n) is 6.48. The van der Waals surface area contributed by atoms with E-state index in [4.69, 9.17) is 0 Å². The molecule has 0 bridgehead atoms. The molecule has 0 aliphatic carbocycles. The van der Waals surface area contributed by atoms with Crippen LogP contribution in [-0.2, 0) is 4.79 Å². The summed E-state index contributed by atoms with van der Waals surface area (Å²) in [6.07, 6.45) is 14.0. The van der Waals surface area contributed by atoms with E-state index in [1.54, 1.807) is 0 Å². The maximum absolute atomic E-state index is 11.4. The van der Waals surface area contributed by atoms with E-state index in [0.29, 0.717) is 5.78 Å². The molecule has 1 heteroatoms. The maximum Gasteiger partial charge on any atom is 0.133 e. The molecule has 0 aromatic rings. The molecule has 0 aromatic heterocycles. The van der Waals surface area contributed by atoms with Gasteiger partial charge < -0.3 is 0 Å². The molecule has 0 heterocycles. The van der Waals surface area contributed by atoms with Crippen molar-refractivity contribution in [2.24, 2.45) is 0 Å². The molecule has 1 nitrogen and oxygen atoms in total. The lowest BCUT2D eigenvalue weighted by Crippen LogP contribution is -1.96. The number of Topliss-reactive ketones (excluding diaryl/α,β-unsaturated/α-hetero) is 1. The summed E-state index contributed by atoms with van der Waals surface area (Å²) in [5.74, 6) is 0.437. The van der Waals surface area contributed by atoms with Crippen LogP contribution in [0.15, 0.2) is 12.2 Å². The Labute approximate surface area is 95.0 Å². The molecule has 0 spiro atoms. The van der Waals surface area contributed by atoms with E-state index in [1.165, 1.54) is 25.7 Å². The molecule has 0 aliphatic rings. The summed E-state index contributed by atoms with van der Waals surface area (Å²) < 4.78 is 0. The molecule has 0 rings (SSSR count). The maximum atomic E-state index is 11.4. The van der Waals surface area contributed by atoms with Crippen LogP contribution in [0.5, 0.6) is 0 Å². The minimum Gasteiger partial charge on any atom is -0.300 e. The van der Waals surface area contributed by atoms with Crippen LogP contribution >= 0.6 is 0 Å². The quantitative estimate of drug-likeness (QED) is 0.378. The zero-order valence-corrected chi connectivity index (χ0v) is 10.4. The average molecular weight is 210 g/mol. The molecule has 0 amide bonds. The number of hydrogen-bond acceptors (Lipinski definition) is 1. The lowest BCUT2D eigenvalue weighted by molar-refractivity contribution is -0.119. The van der Waals surface area contributed by atoms with Crippen molar-refractivity contribution in [3.63, 3.8) is 0 Å². The van der Waals surface area contributed by atoms with Crippen molar-refractivity contribution in [2.75, 3.05) is 0 Å². The molecule has 0 saturated carbocycles. The molecule has 0 N–H and O–H groups in total. The third kappa shape index (κ3) is 11.3. The predicted octanol–water partition coefficient (Wildman–Crippen LogP) is 4.66. The SMILES string of the molecule is CCCC=CCCC(=O)CCCCCC. The van der Waals surface area contributed by atoms with Gasteiger partial charge in [0.05, 0.1) is 0 Å². The smallest absolute Gasteiger partial charge is 0.133 e. The van der Waals surface area contributed by atoms with Gasteiger partial charge in [-0.25, -0.2) is 0 Å². The van der Waals surface area contributed by atoms with Gasteiger partial charge in [0.1, 0.15) is 5.78 Å². The van der Waals surface area contributed by atoms with E-state index >= 15 is 0 Å². The van der Waals surface area contributed by atoms with E-state index in [9.17, 15) is 4.79 Å². The Balaban J connectivity index is 3.25. The number of ketones is 1. The standard InChI is InChI=1S/C14H26O/c1-3-5-7-9-11-13-14(15)12-10-8-6-4-2/h7,9H,3-6,8,10-13H2,1-2H3. The summed E-state index contributed by atoms with van der Waals surface area (Å²) in [6.45, 7) is 4.36. The Kier molecular flexibility index (Phi) is 11.0. The normalized spacial score (nSPS) is 11.1. The zero-order valence-electron chi connectivity index (χ0n) is 10.4. The molecule has 0 saturated heterocycles. The summed E-state index contributed by atoms with van der Waals surface area (Å²) in [7, 11) is 0. The number of carbonyl (C=O) groups excluding carboxylic acids is 1. The molecular formula is C14H26O. The highest BCUT2D eigenvalue weighted by Crippen LogP contribution is 2.06. The third-order valence-corrected chi connectivity index (χ3v) is 2.52. The Morgan fingerprint density at radius 1 is 0.867 bits per heavy atom. The average Bonchev–Trinajstić information content (AvgIpc) is 2.24. The number of unbranched alkanes of at least 4 members (excludes halogenated alkanes) is 4. The van der Waals surface area contributed by atoms with Gasteiger partial charge in [0, 0.05) is 12.8 Å². The first-order chi connectivity index (χ1) is 7.31. The van der Waals surface area contributed by atoms with Gasteiger partial charge in [0.2, 0.25) is 0 Å². The van der Waals surface area contributed by atoms with Crippen LogP contribution in [0, 0.1) is 0 Å². The second-order valence-corrected chi connectivity index (χ2v) is 4.15. The summed E-state index contributed by atoms with van der Waals surface area (Å²) in [4.78, 5) is 11.4. The van der Waals surface area contributed by atoms with E-state index in [1.807, 2.05) is 0 Å². The monoisotopic (exact) mass is 210 g/mol. The Bertz CT molecular complexity index is 170. The first-order valence-corrected chi connectivity index (χ1v) is 6.48. The van der Waals surface area contributed by atoms with E-state index in [2.05, 4.69) is 26.0 Å². The van der Waals surface area contributed by atoms with Crippen LogP contribution < -0.4 is 0 Å². The highest BCUT2D eigenvalue weighted by molar-refractivity contribution is 5.78. The van der Waals surface area contributed by atoms with Crippen LogP contribution in [-0.4, -0.2) is 5.78 Å². The Hall–Kier alpha value is -0.590. The van der Waals surface area contributed by atoms with Gasteiger partial charge in [-0.2, -0.15) is 0 Å². The van der Waals surface area contributed by atoms with Crippen LogP contribution in [0.3, 0.4) is 0 Å². The lowest BCUT2D eigenvalue weighted by atomic mass is 10.1. The van der Waals surface area contributed by atoms with Gasteiger partial charge in [0.15, 0.2) is 0 Å². The summed E-state index contributed by atoms with van der Waals surface area (Å²) in [5, 5.41) is 0. The summed E-state index contributed by atoms with van der Waals surface area (Å²) >= 11 is 0. The molecule has 0 atom stereocenters. The summed E-state index contributed by atoms with van der Waals surface area (Å²) in [6, 6.07) is 0. The van der Waals surface area contributed by atoms with Crippen molar-refractivity contribution < 1.29 is 4.79 Å². The highest BCUT2D eigenvalue weighted by Gasteiger charge is 1.99. The largest absolute Gasteiger partial charge is 0.300 e. The second-order valence-electron chi connectivity index (χ2n) is 4.15. The van der Waals surface area contributed by atoms with Gasteiger partial charge >= 0.3 is 0 Å². The zero-order chi connectivity index (χ0) is 11.4.